The van der Waals surface area contributed by atoms with Crippen molar-refractivity contribution < 1.29 is 4.74 Å². The average molecular weight is 411 g/mol. The molecule has 0 radical (unpaired) electrons. The van der Waals surface area contributed by atoms with Gasteiger partial charge in [-0.3, -0.25) is 0 Å². The van der Waals surface area contributed by atoms with Crippen LogP contribution >= 0.6 is 0 Å². The summed E-state index contributed by atoms with van der Waals surface area (Å²) in [6.07, 6.45) is 5.12. The van der Waals surface area contributed by atoms with E-state index in [0.29, 0.717) is 6.61 Å². The lowest BCUT2D eigenvalue weighted by Gasteiger charge is -2.19. The van der Waals surface area contributed by atoms with E-state index in [2.05, 4.69) is 92.1 Å². The monoisotopic (exact) mass is 410 g/mol. The second-order valence-corrected chi connectivity index (χ2v) is 8.83. The van der Waals surface area contributed by atoms with Crippen LogP contribution in [0.15, 0.2) is 78.9 Å². The molecule has 3 aromatic carbocycles. The lowest BCUT2D eigenvalue weighted by molar-refractivity contribution is 0.302. The van der Waals surface area contributed by atoms with Gasteiger partial charge in [-0.1, -0.05) is 81.4 Å². The Kier molecular flexibility index (Phi) is 6.22. The van der Waals surface area contributed by atoms with Gasteiger partial charge < -0.3 is 9.30 Å². The maximum absolute atomic E-state index is 6.00. The first-order chi connectivity index (χ1) is 15.0. The number of rotatable bonds is 7. The SMILES string of the molecule is CC(C)(C)c1ccc(OCCCn2c(/C=C/c3ccccc3)nc3ccccc32)cc1. The number of para-hydroxylation sites is 2. The molecule has 0 aliphatic rings. The van der Waals surface area contributed by atoms with E-state index in [1.807, 2.05) is 24.3 Å². The summed E-state index contributed by atoms with van der Waals surface area (Å²) in [5.74, 6) is 1.90. The lowest BCUT2D eigenvalue weighted by atomic mass is 9.87. The Hall–Kier alpha value is -3.33. The molecular weight excluding hydrogens is 380 g/mol. The van der Waals surface area contributed by atoms with Gasteiger partial charge >= 0.3 is 0 Å². The molecule has 0 aliphatic carbocycles. The minimum absolute atomic E-state index is 0.157. The molecule has 0 atom stereocenters. The van der Waals surface area contributed by atoms with Crippen LogP contribution in [0.4, 0.5) is 0 Å². The van der Waals surface area contributed by atoms with E-state index in [0.717, 1.165) is 35.6 Å². The van der Waals surface area contributed by atoms with Crippen molar-refractivity contribution in [2.45, 2.75) is 39.2 Å². The van der Waals surface area contributed by atoms with Gasteiger partial charge in [0.2, 0.25) is 0 Å². The van der Waals surface area contributed by atoms with Gasteiger partial charge in [0.25, 0.3) is 0 Å². The Morgan fingerprint density at radius 1 is 0.839 bits per heavy atom. The Morgan fingerprint density at radius 2 is 1.55 bits per heavy atom. The van der Waals surface area contributed by atoms with Crippen molar-refractivity contribution in [1.82, 2.24) is 9.55 Å². The van der Waals surface area contributed by atoms with E-state index in [4.69, 9.17) is 9.72 Å². The molecule has 0 spiro atoms. The first-order valence-electron chi connectivity index (χ1n) is 10.9. The smallest absolute Gasteiger partial charge is 0.133 e. The van der Waals surface area contributed by atoms with Crippen molar-refractivity contribution in [3.05, 3.63) is 95.8 Å². The highest BCUT2D eigenvalue weighted by molar-refractivity contribution is 5.79. The molecule has 0 fully saturated rings. The lowest BCUT2D eigenvalue weighted by Crippen LogP contribution is -2.10. The van der Waals surface area contributed by atoms with Gasteiger partial charge in [0.1, 0.15) is 11.6 Å². The molecule has 0 bridgehead atoms. The van der Waals surface area contributed by atoms with Crippen LogP contribution in [-0.4, -0.2) is 16.2 Å². The van der Waals surface area contributed by atoms with Crippen molar-refractivity contribution in [2.24, 2.45) is 0 Å². The molecule has 31 heavy (non-hydrogen) atoms. The van der Waals surface area contributed by atoms with Gasteiger partial charge in [-0.2, -0.15) is 0 Å². The number of aryl methyl sites for hydroxylation is 1. The minimum atomic E-state index is 0.157. The number of imidazole rings is 1. The van der Waals surface area contributed by atoms with Crippen molar-refractivity contribution in [3.8, 4) is 5.75 Å². The summed E-state index contributed by atoms with van der Waals surface area (Å²) < 4.78 is 8.28. The molecule has 0 aliphatic heterocycles. The summed E-state index contributed by atoms with van der Waals surface area (Å²) >= 11 is 0. The summed E-state index contributed by atoms with van der Waals surface area (Å²) in [5, 5.41) is 0. The van der Waals surface area contributed by atoms with Crippen LogP contribution in [0, 0.1) is 0 Å². The predicted molar refractivity (Wildman–Crippen MR) is 130 cm³/mol. The summed E-state index contributed by atoms with van der Waals surface area (Å²) in [6.45, 7) is 8.20. The molecular formula is C28H30N2O. The number of benzene rings is 3. The zero-order valence-corrected chi connectivity index (χ0v) is 18.6. The number of hydrogen-bond donors (Lipinski definition) is 0. The first-order valence-corrected chi connectivity index (χ1v) is 10.9. The molecule has 4 aromatic rings. The van der Waals surface area contributed by atoms with E-state index >= 15 is 0 Å². The molecule has 4 rings (SSSR count). The molecule has 1 aromatic heterocycles. The van der Waals surface area contributed by atoms with Crippen molar-refractivity contribution >= 4 is 23.2 Å². The molecule has 3 nitrogen and oxygen atoms in total. The largest absolute Gasteiger partial charge is 0.494 e. The van der Waals surface area contributed by atoms with E-state index in [1.165, 1.54) is 11.1 Å². The second-order valence-electron chi connectivity index (χ2n) is 8.83. The van der Waals surface area contributed by atoms with Crippen LogP contribution in [0.1, 0.15) is 44.1 Å². The molecule has 0 amide bonds. The molecule has 0 unspecified atom stereocenters. The van der Waals surface area contributed by atoms with Crippen LogP contribution in [0.25, 0.3) is 23.2 Å². The average Bonchev–Trinajstić information content (AvgIpc) is 3.13. The Labute approximate surface area is 185 Å². The fraction of sp³-hybridized carbons (Fsp3) is 0.250. The van der Waals surface area contributed by atoms with E-state index in [9.17, 15) is 0 Å². The minimum Gasteiger partial charge on any atom is -0.494 e. The fourth-order valence-electron chi connectivity index (χ4n) is 3.66. The van der Waals surface area contributed by atoms with Crippen LogP contribution in [-0.2, 0) is 12.0 Å². The highest BCUT2D eigenvalue weighted by Gasteiger charge is 2.13. The molecule has 1 heterocycles. The Bertz CT molecular complexity index is 1150. The summed E-state index contributed by atoms with van der Waals surface area (Å²) in [6, 6.07) is 27.1. The Balaban J connectivity index is 1.43. The molecule has 3 heteroatoms. The normalized spacial score (nSPS) is 12.0. The second kappa shape index (κ2) is 9.22. The maximum atomic E-state index is 6.00. The number of fused-ring (bicyclic) bond motifs is 1. The van der Waals surface area contributed by atoms with Gasteiger partial charge in [-0.15, -0.1) is 0 Å². The zero-order chi connectivity index (χ0) is 21.7. The van der Waals surface area contributed by atoms with Crippen molar-refractivity contribution in [3.63, 3.8) is 0 Å². The molecule has 0 N–H and O–H groups in total. The number of aromatic nitrogens is 2. The third-order valence-corrected chi connectivity index (χ3v) is 5.42. The third kappa shape index (κ3) is 5.24. The maximum Gasteiger partial charge on any atom is 0.133 e. The fourth-order valence-corrected chi connectivity index (χ4v) is 3.66. The van der Waals surface area contributed by atoms with Gasteiger partial charge in [0, 0.05) is 6.54 Å². The number of nitrogens with zero attached hydrogens (tertiary/aromatic N) is 2. The highest BCUT2D eigenvalue weighted by atomic mass is 16.5. The predicted octanol–water partition coefficient (Wildman–Crippen LogP) is 6.97. The van der Waals surface area contributed by atoms with Gasteiger partial charge in [0.15, 0.2) is 0 Å². The molecule has 0 saturated heterocycles. The summed E-state index contributed by atoms with van der Waals surface area (Å²) in [4.78, 5) is 4.83. The quantitative estimate of drug-likeness (QED) is 0.308. The van der Waals surface area contributed by atoms with Crippen LogP contribution in [0.3, 0.4) is 0 Å². The van der Waals surface area contributed by atoms with E-state index < -0.39 is 0 Å². The zero-order valence-electron chi connectivity index (χ0n) is 18.6. The van der Waals surface area contributed by atoms with Crippen LogP contribution in [0.5, 0.6) is 5.75 Å². The van der Waals surface area contributed by atoms with Crippen LogP contribution in [0.2, 0.25) is 0 Å². The highest BCUT2D eigenvalue weighted by Crippen LogP contribution is 2.24. The van der Waals surface area contributed by atoms with Crippen LogP contribution < -0.4 is 4.74 Å². The third-order valence-electron chi connectivity index (χ3n) is 5.42. The summed E-state index contributed by atoms with van der Waals surface area (Å²) in [7, 11) is 0. The Morgan fingerprint density at radius 3 is 2.29 bits per heavy atom. The van der Waals surface area contributed by atoms with E-state index in [-0.39, 0.29) is 5.41 Å². The van der Waals surface area contributed by atoms with Gasteiger partial charge in [0.05, 0.1) is 17.6 Å². The topological polar surface area (TPSA) is 27.1 Å². The van der Waals surface area contributed by atoms with Crippen molar-refractivity contribution in [2.75, 3.05) is 6.61 Å². The number of ether oxygens (including phenoxy) is 1. The molecule has 158 valence electrons. The van der Waals surface area contributed by atoms with Gasteiger partial charge in [-0.05, 0) is 53.3 Å². The standard InChI is InChI=1S/C28H30N2O/c1-28(2,3)23-15-17-24(18-16-23)31-21-9-20-30-26-13-8-7-12-25(26)29-27(30)19-14-22-10-5-4-6-11-22/h4-8,10-19H,9,20-21H2,1-3H3/b19-14+. The molecule has 0 saturated carbocycles. The van der Waals surface area contributed by atoms with E-state index in [1.54, 1.807) is 0 Å². The van der Waals surface area contributed by atoms with Gasteiger partial charge in [-0.25, -0.2) is 4.98 Å². The van der Waals surface area contributed by atoms with Crippen molar-refractivity contribution in [1.29, 1.82) is 0 Å². The number of hydrogen-bond acceptors (Lipinski definition) is 2. The summed E-state index contributed by atoms with van der Waals surface area (Å²) in [5.41, 5.74) is 4.83. The first kappa shape index (κ1) is 20.9.